The van der Waals surface area contributed by atoms with Crippen molar-refractivity contribution in [1.29, 1.82) is 0 Å². The molecule has 2 aromatic heterocycles. The summed E-state index contributed by atoms with van der Waals surface area (Å²) in [6, 6.07) is 5.35. The summed E-state index contributed by atoms with van der Waals surface area (Å²) in [6.45, 7) is 4.72. The molecule has 4 rings (SSSR count). The molecule has 4 heterocycles. The largest absolute Gasteiger partial charge is 0.356 e. The van der Waals surface area contributed by atoms with Gasteiger partial charge >= 0.3 is 0 Å². The van der Waals surface area contributed by atoms with Crippen LogP contribution in [0.15, 0.2) is 41.7 Å². The second kappa shape index (κ2) is 8.65. The smallest absolute Gasteiger partial charge is 0.253 e. The Balaban J connectivity index is 1.29. The van der Waals surface area contributed by atoms with Gasteiger partial charge in [0.25, 0.3) is 5.56 Å². The first kappa shape index (κ1) is 18.8. The normalized spacial score (nSPS) is 21.4. The zero-order valence-electron chi connectivity index (χ0n) is 16.1. The van der Waals surface area contributed by atoms with Crippen LogP contribution in [0, 0.1) is 11.8 Å². The molecule has 7 heteroatoms. The van der Waals surface area contributed by atoms with Crippen molar-refractivity contribution in [2.75, 3.05) is 26.2 Å². The van der Waals surface area contributed by atoms with Gasteiger partial charge in [-0.1, -0.05) is 0 Å². The number of hydrogen-bond acceptors (Lipinski definition) is 5. The van der Waals surface area contributed by atoms with Crippen molar-refractivity contribution in [3.05, 3.63) is 47.3 Å². The lowest BCUT2D eigenvalue weighted by molar-refractivity contribution is -0.123. The van der Waals surface area contributed by atoms with Crippen LogP contribution < -0.4 is 10.9 Å². The fraction of sp³-hybridized carbons (Fsp3) is 0.524. The number of carbonyl (C=O) groups excluding carboxylic acids is 1. The van der Waals surface area contributed by atoms with Gasteiger partial charge in [-0.25, -0.2) is 4.98 Å². The van der Waals surface area contributed by atoms with Crippen molar-refractivity contribution in [2.45, 2.75) is 32.2 Å². The molecule has 1 N–H and O–H groups in total. The highest BCUT2D eigenvalue weighted by molar-refractivity contribution is 5.76. The number of likely N-dealkylation sites (tertiary alicyclic amines) is 1. The second-order valence-electron chi connectivity index (χ2n) is 7.96. The Kier molecular flexibility index (Phi) is 5.81. The summed E-state index contributed by atoms with van der Waals surface area (Å²) in [6.07, 6.45) is 8.94. The topological polar surface area (TPSA) is 80.1 Å². The number of carbonyl (C=O) groups is 1. The van der Waals surface area contributed by atoms with E-state index in [-0.39, 0.29) is 11.5 Å². The van der Waals surface area contributed by atoms with Crippen LogP contribution in [0.25, 0.3) is 11.3 Å². The highest BCUT2D eigenvalue weighted by atomic mass is 16.1. The molecule has 0 aromatic carbocycles. The molecule has 0 spiro atoms. The summed E-state index contributed by atoms with van der Waals surface area (Å²) in [4.78, 5) is 34.8. The molecule has 2 aliphatic rings. The Morgan fingerprint density at radius 3 is 2.64 bits per heavy atom. The number of aromatic nitrogens is 3. The van der Waals surface area contributed by atoms with Crippen LogP contribution in [0.4, 0.5) is 0 Å². The van der Waals surface area contributed by atoms with E-state index >= 15 is 0 Å². The van der Waals surface area contributed by atoms with Gasteiger partial charge in [-0.05, 0) is 56.3 Å². The van der Waals surface area contributed by atoms with Crippen molar-refractivity contribution in [3.8, 4) is 11.3 Å². The molecule has 148 valence electrons. The first-order chi connectivity index (χ1) is 13.7. The molecular formula is C21H27N5O2. The molecule has 0 bridgehead atoms. The molecule has 1 unspecified atom stereocenters. The molecule has 2 fully saturated rings. The minimum absolute atomic E-state index is 0.00534. The van der Waals surface area contributed by atoms with Gasteiger partial charge in [-0.3, -0.25) is 19.1 Å². The van der Waals surface area contributed by atoms with E-state index in [4.69, 9.17) is 0 Å². The van der Waals surface area contributed by atoms with Crippen LogP contribution >= 0.6 is 0 Å². The lowest BCUT2D eigenvalue weighted by Crippen LogP contribution is -2.43. The maximum absolute atomic E-state index is 12.5. The second-order valence-corrected chi connectivity index (χ2v) is 7.96. The van der Waals surface area contributed by atoms with Gasteiger partial charge < -0.3 is 10.2 Å². The number of pyridine rings is 1. The molecule has 1 amide bonds. The lowest BCUT2D eigenvalue weighted by atomic mass is 9.94. The highest BCUT2D eigenvalue weighted by Crippen LogP contribution is 2.21. The third-order valence-electron chi connectivity index (χ3n) is 5.88. The number of rotatable bonds is 5. The molecule has 2 aliphatic heterocycles. The molecule has 0 saturated carbocycles. The molecule has 28 heavy (non-hydrogen) atoms. The highest BCUT2D eigenvalue weighted by Gasteiger charge is 2.24. The van der Waals surface area contributed by atoms with Gasteiger partial charge in [0.2, 0.25) is 5.91 Å². The Morgan fingerprint density at radius 1 is 1.11 bits per heavy atom. The van der Waals surface area contributed by atoms with Crippen LogP contribution in [-0.2, 0) is 11.3 Å². The molecule has 7 nitrogen and oxygen atoms in total. The van der Waals surface area contributed by atoms with Crippen LogP contribution in [-0.4, -0.2) is 51.5 Å². The molecule has 1 atom stereocenters. The van der Waals surface area contributed by atoms with E-state index in [1.54, 1.807) is 29.4 Å². The predicted octanol–water partition coefficient (Wildman–Crippen LogP) is 1.54. The van der Waals surface area contributed by atoms with Gasteiger partial charge in [-0.15, -0.1) is 0 Å². The Labute approximate surface area is 164 Å². The van der Waals surface area contributed by atoms with E-state index in [1.807, 2.05) is 12.1 Å². The average Bonchev–Trinajstić information content (AvgIpc) is 2.73. The Morgan fingerprint density at radius 2 is 1.96 bits per heavy atom. The van der Waals surface area contributed by atoms with Gasteiger partial charge in [0.1, 0.15) is 0 Å². The first-order valence-corrected chi connectivity index (χ1v) is 10.1. The fourth-order valence-electron chi connectivity index (χ4n) is 4.17. The lowest BCUT2D eigenvalue weighted by Gasteiger charge is -2.35. The Hall–Kier alpha value is -2.54. The number of piperidine rings is 2. The van der Waals surface area contributed by atoms with E-state index in [1.165, 1.54) is 0 Å². The van der Waals surface area contributed by atoms with E-state index < -0.39 is 0 Å². The quantitative estimate of drug-likeness (QED) is 0.850. The first-order valence-electron chi connectivity index (χ1n) is 10.1. The van der Waals surface area contributed by atoms with Gasteiger partial charge in [0.05, 0.1) is 12.0 Å². The van der Waals surface area contributed by atoms with Crippen LogP contribution in [0.1, 0.15) is 25.7 Å². The van der Waals surface area contributed by atoms with E-state index in [9.17, 15) is 9.59 Å². The summed E-state index contributed by atoms with van der Waals surface area (Å²) in [7, 11) is 0. The molecule has 0 aliphatic carbocycles. The number of nitrogens with one attached hydrogen (secondary N) is 1. The number of amides is 1. The Bertz CT molecular complexity index is 849. The van der Waals surface area contributed by atoms with Crippen LogP contribution in [0.2, 0.25) is 0 Å². The van der Waals surface area contributed by atoms with Crippen molar-refractivity contribution >= 4 is 5.91 Å². The average molecular weight is 381 g/mol. The fourth-order valence-corrected chi connectivity index (χ4v) is 4.17. The summed E-state index contributed by atoms with van der Waals surface area (Å²) < 4.78 is 1.73. The molecule has 2 saturated heterocycles. The van der Waals surface area contributed by atoms with Gasteiger partial charge in [0.15, 0.2) is 0 Å². The van der Waals surface area contributed by atoms with Crippen LogP contribution in [0.3, 0.4) is 0 Å². The van der Waals surface area contributed by atoms with E-state index in [0.29, 0.717) is 24.0 Å². The minimum atomic E-state index is -0.00534. The summed E-state index contributed by atoms with van der Waals surface area (Å²) in [5.74, 6) is 1.26. The zero-order valence-corrected chi connectivity index (χ0v) is 16.1. The summed E-state index contributed by atoms with van der Waals surface area (Å²) in [5.41, 5.74) is 1.52. The standard InChI is InChI=1S/C21H27N5O2/c27-20-4-3-17(11-23-20)13-25-8-5-16(6-9-25)14-26-15-24-19(10-21(26)28)18-2-1-7-22-12-18/h1-2,7,10,12,15-17H,3-6,8-9,11,13-14H2,(H,23,27). The van der Waals surface area contributed by atoms with Crippen molar-refractivity contribution in [1.82, 2.24) is 24.8 Å². The van der Waals surface area contributed by atoms with Crippen molar-refractivity contribution < 1.29 is 4.79 Å². The predicted molar refractivity (Wildman–Crippen MR) is 107 cm³/mol. The van der Waals surface area contributed by atoms with Gasteiger partial charge in [0, 0.05) is 50.1 Å². The monoisotopic (exact) mass is 381 g/mol. The van der Waals surface area contributed by atoms with E-state index in [0.717, 1.165) is 57.5 Å². The number of hydrogen-bond donors (Lipinski definition) is 1. The maximum Gasteiger partial charge on any atom is 0.253 e. The number of nitrogens with zero attached hydrogens (tertiary/aromatic N) is 4. The van der Waals surface area contributed by atoms with E-state index in [2.05, 4.69) is 20.2 Å². The molecule has 2 aromatic rings. The maximum atomic E-state index is 12.5. The van der Waals surface area contributed by atoms with Crippen molar-refractivity contribution in [2.24, 2.45) is 11.8 Å². The zero-order chi connectivity index (χ0) is 19.3. The third kappa shape index (κ3) is 4.65. The SMILES string of the molecule is O=C1CCC(CN2CCC(Cn3cnc(-c4cccnc4)cc3=O)CC2)CN1. The molecule has 0 radical (unpaired) electrons. The summed E-state index contributed by atoms with van der Waals surface area (Å²) >= 11 is 0. The third-order valence-corrected chi connectivity index (χ3v) is 5.88. The summed E-state index contributed by atoms with van der Waals surface area (Å²) in [5, 5.41) is 2.97. The van der Waals surface area contributed by atoms with Crippen LogP contribution in [0.5, 0.6) is 0 Å². The molecular weight excluding hydrogens is 354 g/mol. The minimum Gasteiger partial charge on any atom is -0.356 e. The van der Waals surface area contributed by atoms with Gasteiger partial charge in [-0.2, -0.15) is 0 Å². The van der Waals surface area contributed by atoms with Crippen molar-refractivity contribution in [3.63, 3.8) is 0 Å².